The van der Waals surface area contributed by atoms with Gasteiger partial charge >= 0.3 is 0 Å². The zero-order valence-corrected chi connectivity index (χ0v) is 15.0. The lowest BCUT2D eigenvalue weighted by Gasteiger charge is -2.13. The number of thiophene rings is 1. The molecule has 0 unspecified atom stereocenters. The first-order valence-electron chi connectivity index (χ1n) is 7.78. The van der Waals surface area contributed by atoms with Gasteiger partial charge in [-0.3, -0.25) is 0 Å². The molecule has 0 fully saturated rings. The standard InChI is InChI=1S/C18H19NO3S2/c1-2-11-22-17-9-10-18(16-8-4-3-7-15(16)17)24(20,21)19-13-14-6-5-12-23-14/h3-10,12,19H,2,11,13H2,1H3. The molecule has 0 saturated carbocycles. The summed E-state index contributed by atoms with van der Waals surface area (Å²) in [5.74, 6) is 0.713. The van der Waals surface area contributed by atoms with Gasteiger partial charge in [0.05, 0.1) is 11.5 Å². The minimum Gasteiger partial charge on any atom is -0.493 e. The molecular formula is C18H19NO3S2. The molecule has 1 aromatic heterocycles. The monoisotopic (exact) mass is 361 g/mol. The number of rotatable bonds is 7. The van der Waals surface area contributed by atoms with Crippen LogP contribution in [0.3, 0.4) is 0 Å². The largest absolute Gasteiger partial charge is 0.493 e. The van der Waals surface area contributed by atoms with Crippen LogP contribution >= 0.6 is 11.3 Å². The van der Waals surface area contributed by atoms with Crippen molar-refractivity contribution in [3.63, 3.8) is 0 Å². The number of fused-ring (bicyclic) bond motifs is 1. The fourth-order valence-corrected chi connectivity index (χ4v) is 4.42. The molecule has 2 aromatic carbocycles. The van der Waals surface area contributed by atoms with Crippen LogP contribution in [0.15, 0.2) is 58.8 Å². The van der Waals surface area contributed by atoms with Crippen molar-refractivity contribution < 1.29 is 13.2 Å². The first-order valence-corrected chi connectivity index (χ1v) is 10.1. The quantitative estimate of drug-likeness (QED) is 0.687. The van der Waals surface area contributed by atoms with Gasteiger partial charge in [-0.15, -0.1) is 11.3 Å². The molecule has 0 atom stereocenters. The Morgan fingerprint density at radius 1 is 1.04 bits per heavy atom. The van der Waals surface area contributed by atoms with E-state index < -0.39 is 10.0 Å². The van der Waals surface area contributed by atoms with Gasteiger partial charge in [-0.25, -0.2) is 13.1 Å². The normalized spacial score (nSPS) is 11.7. The third-order valence-corrected chi connectivity index (χ3v) is 5.95. The highest BCUT2D eigenvalue weighted by Crippen LogP contribution is 2.31. The van der Waals surface area contributed by atoms with Crippen molar-refractivity contribution in [1.82, 2.24) is 4.72 Å². The van der Waals surface area contributed by atoms with Gasteiger partial charge in [0.25, 0.3) is 0 Å². The van der Waals surface area contributed by atoms with Crippen LogP contribution in [0, 0.1) is 0 Å². The molecule has 0 aliphatic carbocycles. The van der Waals surface area contributed by atoms with Gasteiger partial charge < -0.3 is 4.74 Å². The highest BCUT2D eigenvalue weighted by Gasteiger charge is 2.19. The minimum atomic E-state index is -3.60. The lowest BCUT2D eigenvalue weighted by atomic mass is 10.1. The number of nitrogens with one attached hydrogen (secondary N) is 1. The predicted molar refractivity (Wildman–Crippen MR) is 98.1 cm³/mol. The van der Waals surface area contributed by atoms with Gasteiger partial charge in [0.2, 0.25) is 10.0 Å². The van der Waals surface area contributed by atoms with Crippen LogP contribution in [-0.2, 0) is 16.6 Å². The molecule has 0 bridgehead atoms. The maximum absolute atomic E-state index is 12.7. The molecule has 24 heavy (non-hydrogen) atoms. The number of hydrogen-bond acceptors (Lipinski definition) is 4. The molecule has 1 N–H and O–H groups in total. The SMILES string of the molecule is CCCOc1ccc(S(=O)(=O)NCc2cccs2)c2ccccc12. The summed E-state index contributed by atoms with van der Waals surface area (Å²) in [4.78, 5) is 1.25. The summed E-state index contributed by atoms with van der Waals surface area (Å²) in [5.41, 5.74) is 0. The molecule has 3 aromatic rings. The molecule has 126 valence electrons. The molecule has 3 rings (SSSR count). The maximum Gasteiger partial charge on any atom is 0.241 e. The third-order valence-electron chi connectivity index (χ3n) is 3.61. The van der Waals surface area contributed by atoms with Gasteiger partial charge in [0.15, 0.2) is 0 Å². The first-order chi connectivity index (χ1) is 11.6. The van der Waals surface area contributed by atoms with E-state index in [1.54, 1.807) is 12.1 Å². The third kappa shape index (κ3) is 3.61. The molecule has 0 amide bonds. The highest BCUT2D eigenvalue weighted by atomic mass is 32.2. The van der Waals surface area contributed by atoms with Crippen LogP contribution in [0.5, 0.6) is 5.75 Å². The number of benzene rings is 2. The van der Waals surface area contributed by atoms with E-state index in [9.17, 15) is 8.42 Å². The lowest BCUT2D eigenvalue weighted by Crippen LogP contribution is -2.23. The smallest absolute Gasteiger partial charge is 0.241 e. The molecule has 0 aliphatic heterocycles. The summed E-state index contributed by atoms with van der Waals surface area (Å²) in [6.07, 6.45) is 0.900. The van der Waals surface area contributed by atoms with Gasteiger partial charge in [-0.1, -0.05) is 37.3 Å². The van der Waals surface area contributed by atoms with Crippen LogP contribution in [0.4, 0.5) is 0 Å². The van der Waals surface area contributed by atoms with Crippen LogP contribution in [0.2, 0.25) is 0 Å². The first kappa shape index (κ1) is 17.0. The topological polar surface area (TPSA) is 55.4 Å². The van der Waals surface area contributed by atoms with Crippen molar-refractivity contribution in [2.24, 2.45) is 0 Å². The van der Waals surface area contributed by atoms with Crippen molar-refractivity contribution in [3.8, 4) is 5.75 Å². The fourth-order valence-electron chi connectivity index (χ4n) is 2.47. The molecular weight excluding hydrogens is 342 g/mol. The Bertz CT molecular complexity index is 919. The zero-order chi connectivity index (χ0) is 17.0. The average molecular weight is 361 g/mol. The van der Waals surface area contributed by atoms with E-state index in [4.69, 9.17) is 4.74 Å². The number of hydrogen-bond donors (Lipinski definition) is 1. The molecule has 0 spiro atoms. The van der Waals surface area contributed by atoms with E-state index in [0.717, 1.165) is 16.7 Å². The van der Waals surface area contributed by atoms with Gasteiger partial charge in [-0.2, -0.15) is 0 Å². The molecule has 4 nitrogen and oxygen atoms in total. The Morgan fingerprint density at radius 3 is 2.54 bits per heavy atom. The summed E-state index contributed by atoms with van der Waals surface area (Å²) in [7, 11) is -3.60. The van der Waals surface area contributed by atoms with Crippen LogP contribution < -0.4 is 9.46 Å². The second-order valence-corrected chi connectivity index (χ2v) is 8.13. The van der Waals surface area contributed by atoms with Gasteiger partial charge in [-0.05, 0) is 30.0 Å². The summed E-state index contributed by atoms with van der Waals surface area (Å²) in [6.45, 7) is 2.94. The zero-order valence-electron chi connectivity index (χ0n) is 13.4. The summed E-state index contributed by atoms with van der Waals surface area (Å²) in [5, 5.41) is 3.41. The van der Waals surface area contributed by atoms with Crippen molar-refractivity contribution in [3.05, 3.63) is 58.8 Å². The van der Waals surface area contributed by atoms with E-state index >= 15 is 0 Å². The Morgan fingerprint density at radius 2 is 1.83 bits per heavy atom. The van der Waals surface area contributed by atoms with Crippen molar-refractivity contribution in [2.45, 2.75) is 24.8 Å². The Hall–Kier alpha value is -1.89. The second kappa shape index (κ2) is 7.34. The lowest BCUT2D eigenvalue weighted by molar-refractivity contribution is 0.321. The average Bonchev–Trinajstić information content (AvgIpc) is 3.11. The summed E-state index contributed by atoms with van der Waals surface area (Å²) < 4.78 is 33.9. The summed E-state index contributed by atoms with van der Waals surface area (Å²) in [6, 6.07) is 14.6. The van der Waals surface area contributed by atoms with Crippen LogP contribution in [0.1, 0.15) is 18.2 Å². The van der Waals surface area contributed by atoms with Gasteiger partial charge in [0, 0.05) is 22.2 Å². The van der Waals surface area contributed by atoms with E-state index in [-0.39, 0.29) is 4.90 Å². The maximum atomic E-state index is 12.7. The van der Waals surface area contributed by atoms with Crippen LogP contribution in [0.25, 0.3) is 10.8 Å². The van der Waals surface area contributed by atoms with Crippen molar-refractivity contribution in [1.29, 1.82) is 0 Å². The molecule has 0 radical (unpaired) electrons. The Kier molecular flexibility index (Phi) is 5.18. The molecule has 1 heterocycles. The van der Waals surface area contributed by atoms with Crippen molar-refractivity contribution >= 4 is 32.1 Å². The van der Waals surface area contributed by atoms with E-state index in [1.165, 1.54) is 11.3 Å². The Balaban J connectivity index is 1.96. The van der Waals surface area contributed by atoms with Gasteiger partial charge in [0.1, 0.15) is 5.75 Å². The second-order valence-electron chi connectivity index (χ2n) is 5.36. The van der Waals surface area contributed by atoms with E-state index in [2.05, 4.69) is 4.72 Å². The highest BCUT2D eigenvalue weighted by molar-refractivity contribution is 7.89. The minimum absolute atomic E-state index is 0.276. The number of sulfonamides is 1. The van der Waals surface area contributed by atoms with Crippen molar-refractivity contribution in [2.75, 3.05) is 6.61 Å². The molecule has 6 heteroatoms. The molecule has 0 saturated heterocycles. The Labute approximate surface area is 146 Å². The van der Waals surface area contributed by atoms with E-state index in [1.807, 2.05) is 48.7 Å². The fraction of sp³-hybridized carbons (Fsp3) is 0.222. The van der Waals surface area contributed by atoms with E-state index in [0.29, 0.717) is 24.3 Å². The molecule has 0 aliphatic rings. The van der Waals surface area contributed by atoms with Crippen LogP contribution in [-0.4, -0.2) is 15.0 Å². The number of ether oxygens (including phenoxy) is 1. The summed E-state index contributed by atoms with van der Waals surface area (Å²) >= 11 is 1.53. The predicted octanol–water partition coefficient (Wildman–Crippen LogP) is 4.17.